The highest BCUT2D eigenvalue weighted by Crippen LogP contribution is 2.30. The number of nitro groups is 2. The molecule has 0 fully saturated rings. The van der Waals surface area contributed by atoms with Gasteiger partial charge in [-0.2, -0.15) is 15.4 Å². The summed E-state index contributed by atoms with van der Waals surface area (Å²) in [6.45, 7) is 0. The number of nitro benzene ring substituents is 2. The zero-order valence-corrected chi connectivity index (χ0v) is 8.23. The van der Waals surface area contributed by atoms with Crippen LogP contribution in [0.5, 0.6) is 0 Å². The van der Waals surface area contributed by atoms with Gasteiger partial charge in [-0.25, -0.2) is 0 Å². The fourth-order valence-electron chi connectivity index (χ4n) is 1.32. The molecule has 9 nitrogen and oxygen atoms in total. The SMILES string of the molecule is O=[N+]([O-])c1ccc(-c2cn[nH]n2)cc1[N+](=O)[O-]. The Morgan fingerprint density at radius 2 is 1.82 bits per heavy atom. The predicted octanol–water partition coefficient (Wildman–Crippen LogP) is 1.29. The fourth-order valence-corrected chi connectivity index (χ4v) is 1.32. The number of hydrogen-bond acceptors (Lipinski definition) is 6. The molecule has 1 aromatic heterocycles. The first-order valence-electron chi connectivity index (χ1n) is 4.38. The number of hydrogen-bond donors (Lipinski definition) is 1. The van der Waals surface area contributed by atoms with Crippen LogP contribution in [-0.4, -0.2) is 25.3 Å². The standard InChI is InChI=1S/C8H5N5O4/c14-12(15)7-2-1-5(3-8(7)13(16)17)6-4-9-11-10-6/h1-4H,(H,9,10,11). The maximum atomic E-state index is 10.7. The van der Waals surface area contributed by atoms with Crippen molar-refractivity contribution < 1.29 is 9.85 Å². The molecule has 0 aliphatic carbocycles. The Morgan fingerprint density at radius 1 is 1.12 bits per heavy atom. The van der Waals surface area contributed by atoms with E-state index in [9.17, 15) is 20.2 Å². The highest BCUT2D eigenvalue weighted by atomic mass is 16.6. The van der Waals surface area contributed by atoms with Gasteiger partial charge in [0.2, 0.25) is 0 Å². The highest BCUT2D eigenvalue weighted by molar-refractivity contribution is 5.67. The van der Waals surface area contributed by atoms with Crippen molar-refractivity contribution in [3.8, 4) is 11.3 Å². The summed E-state index contributed by atoms with van der Waals surface area (Å²) < 4.78 is 0. The Morgan fingerprint density at radius 3 is 2.35 bits per heavy atom. The molecule has 0 spiro atoms. The second-order valence-corrected chi connectivity index (χ2v) is 3.07. The molecule has 1 aromatic carbocycles. The average molecular weight is 235 g/mol. The van der Waals surface area contributed by atoms with Crippen molar-refractivity contribution in [3.63, 3.8) is 0 Å². The minimum Gasteiger partial charge on any atom is -0.258 e. The molecular weight excluding hydrogens is 230 g/mol. The van der Waals surface area contributed by atoms with Crippen molar-refractivity contribution in [3.05, 3.63) is 44.6 Å². The van der Waals surface area contributed by atoms with E-state index in [2.05, 4.69) is 15.4 Å². The molecule has 0 bridgehead atoms. The molecule has 1 heterocycles. The van der Waals surface area contributed by atoms with Gasteiger partial charge in [-0.3, -0.25) is 20.2 Å². The van der Waals surface area contributed by atoms with Crippen LogP contribution in [0.4, 0.5) is 11.4 Å². The van der Waals surface area contributed by atoms with Crippen LogP contribution in [0.25, 0.3) is 11.3 Å². The molecule has 0 radical (unpaired) electrons. The van der Waals surface area contributed by atoms with E-state index in [0.29, 0.717) is 11.3 Å². The lowest BCUT2D eigenvalue weighted by atomic mass is 10.1. The third-order valence-electron chi connectivity index (χ3n) is 2.08. The first-order valence-corrected chi connectivity index (χ1v) is 4.38. The van der Waals surface area contributed by atoms with E-state index in [1.807, 2.05) is 0 Å². The Bertz CT molecular complexity index is 580. The quantitative estimate of drug-likeness (QED) is 0.630. The van der Waals surface area contributed by atoms with Gasteiger partial charge in [-0.15, -0.1) is 0 Å². The average Bonchev–Trinajstić information content (AvgIpc) is 2.81. The van der Waals surface area contributed by atoms with Gasteiger partial charge in [0, 0.05) is 17.7 Å². The third-order valence-corrected chi connectivity index (χ3v) is 2.08. The first kappa shape index (κ1) is 10.7. The van der Waals surface area contributed by atoms with E-state index in [-0.39, 0.29) is 0 Å². The van der Waals surface area contributed by atoms with Crippen molar-refractivity contribution >= 4 is 11.4 Å². The van der Waals surface area contributed by atoms with Crippen LogP contribution in [0, 0.1) is 20.2 Å². The van der Waals surface area contributed by atoms with Crippen LogP contribution in [0.2, 0.25) is 0 Å². The van der Waals surface area contributed by atoms with Gasteiger partial charge in [0.1, 0.15) is 5.69 Å². The summed E-state index contributed by atoms with van der Waals surface area (Å²) in [6.07, 6.45) is 1.37. The summed E-state index contributed by atoms with van der Waals surface area (Å²) in [7, 11) is 0. The summed E-state index contributed by atoms with van der Waals surface area (Å²) in [4.78, 5) is 19.7. The van der Waals surface area contributed by atoms with Crippen LogP contribution in [0.15, 0.2) is 24.4 Å². The normalized spacial score (nSPS) is 10.1. The van der Waals surface area contributed by atoms with Crippen LogP contribution in [0.3, 0.4) is 0 Å². The molecule has 0 aliphatic heterocycles. The van der Waals surface area contributed by atoms with Gasteiger partial charge in [0.05, 0.1) is 16.0 Å². The number of benzene rings is 1. The molecular formula is C8H5N5O4. The Balaban J connectivity index is 2.57. The number of nitrogens with one attached hydrogen (secondary N) is 1. The van der Waals surface area contributed by atoms with Crippen molar-refractivity contribution in [1.82, 2.24) is 15.4 Å². The predicted molar refractivity (Wildman–Crippen MR) is 55.1 cm³/mol. The molecule has 17 heavy (non-hydrogen) atoms. The minimum absolute atomic E-state index is 0.378. The van der Waals surface area contributed by atoms with Crippen LogP contribution in [0.1, 0.15) is 0 Å². The second-order valence-electron chi connectivity index (χ2n) is 3.07. The van der Waals surface area contributed by atoms with Crippen molar-refractivity contribution in [2.75, 3.05) is 0 Å². The molecule has 0 amide bonds. The smallest absolute Gasteiger partial charge is 0.258 e. The van der Waals surface area contributed by atoms with E-state index in [1.165, 1.54) is 12.3 Å². The summed E-state index contributed by atoms with van der Waals surface area (Å²) in [5, 5.41) is 30.9. The number of aromatic nitrogens is 3. The maximum Gasteiger partial charge on any atom is 0.346 e. The van der Waals surface area contributed by atoms with E-state index < -0.39 is 21.2 Å². The van der Waals surface area contributed by atoms with E-state index in [1.54, 1.807) is 0 Å². The monoisotopic (exact) mass is 235 g/mol. The van der Waals surface area contributed by atoms with E-state index in [0.717, 1.165) is 12.1 Å². The third kappa shape index (κ3) is 1.93. The lowest BCUT2D eigenvalue weighted by Crippen LogP contribution is -1.96. The summed E-state index contributed by atoms with van der Waals surface area (Å²) >= 11 is 0. The number of rotatable bonds is 3. The summed E-state index contributed by atoms with van der Waals surface area (Å²) in [5.74, 6) is 0. The van der Waals surface area contributed by atoms with E-state index >= 15 is 0 Å². The molecule has 2 aromatic rings. The van der Waals surface area contributed by atoms with Gasteiger partial charge < -0.3 is 0 Å². The van der Waals surface area contributed by atoms with Crippen LogP contribution >= 0.6 is 0 Å². The minimum atomic E-state index is -0.804. The number of aromatic amines is 1. The molecule has 0 unspecified atom stereocenters. The first-order chi connectivity index (χ1) is 8.09. The summed E-state index contributed by atoms with van der Waals surface area (Å²) in [6, 6.07) is 3.54. The fraction of sp³-hybridized carbons (Fsp3) is 0. The number of nitrogens with zero attached hydrogens (tertiary/aromatic N) is 4. The Labute approximate surface area is 93.4 Å². The van der Waals surface area contributed by atoms with Crippen LogP contribution < -0.4 is 0 Å². The Kier molecular flexibility index (Phi) is 2.49. The van der Waals surface area contributed by atoms with Gasteiger partial charge in [0.15, 0.2) is 0 Å². The number of H-pyrrole nitrogens is 1. The lowest BCUT2D eigenvalue weighted by Gasteiger charge is -1.97. The zero-order valence-electron chi connectivity index (χ0n) is 8.23. The largest absolute Gasteiger partial charge is 0.346 e. The molecule has 1 N–H and O–H groups in total. The molecule has 0 atom stereocenters. The van der Waals surface area contributed by atoms with E-state index in [4.69, 9.17) is 0 Å². The second kappa shape index (κ2) is 3.96. The molecule has 2 rings (SSSR count). The summed E-state index contributed by atoms with van der Waals surface area (Å²) in [5.41, 5.74) is -0.364. The topological polar surface area (TPSA) is 128 Å². The molecule has 0 saturated carbocycles. The molecule has 9 heteroatoms. The van der Waals surface area contributed by atoms with Gasteiger partial charge >= 0.3 is 11.4 Å². The Hall–Kier alpha value is -2.84. The van der Waals surface area contributed by atoms with Crippen molar-refractivity contribution in [2.24, 2.45) is 0 Å². The molecule has 0 saturated heterocycles. The molecule has 0 aliphatic rings. The zero-order chi connectivity index (χ0) is 12.4. The highest BCUT2D eigenvalue weighted by Gasteiger charge is 2.24. The molecule has 86 valence electrons. The van der Waals surface area contributed by atoms with Gasteiger partial charge in [-0.05, 0) is 6.07 Å². The van der Waals surface area contributed by atoms with Gasteiger partial charge in [-0.1, -0.05) is 0 Å². The van der Waals surface area contributed by atoms with Crippen molar-refractivity contribution in [2.45, 2.75) is 0 Å². The van der Waals surface area contributed by atoms with Crippen LogP contribution in [-0.2, 0) is 0 Å². The maximum absolute atomic E-state index is 10.7. The van der Waals surface area contributed by atoms with Crippen molar-refractivity contribution in [1.29, 1.82) is 0 Å². The van der Waals surface area contributed by atoms with Gasteiger partial charge in [0.25, 0.3) is 0 Å². The lowest BCUT2D eigenvalue weighted by molar-refractivity contribution is -0.422.